The maximum Gasteiger partial charge on any atom is 0.136 e. The van der Waals surface area contributed by atoms with Crippen molar-refractivity contribution in [3.8, 4) is 89.3 Å². The predicted molar refractivity (Wildman–Crippen MR) is 254 cm³/mol. The molecule has 0 spiro atoms. The van der Waals surface area contributed by atoms with Gasteiger partial charge >= 0.3 is 0 Å². The minimum Gasteiger partial charge on any atom is -0.456 e. The number of rotatable bonds is 8. The van der Waals surface area contributed by atoms with Crippen LogP contribution in [0.2, 0.25) is 0 Å². The summed E-state index contributed by atoms with van der Waals surface area (Å²) in [5, 5.41) is 9.61. The number of H-pyrrole nitrogens is 1. The molecule has 5 heteroatoms. The van der Waals surface area contributed by atoms with E-state index in [9.17, 15) is 0 Å². The summed E-state index contributed by atoms with van der Waals surface area (Å²) >= 11 is 0. The van der Waals surface area contributed by atoms with Gasteiger partial charge in [0.2, 0.25) is 0 Å². The first-order valence-electron chi connectivity index (χ1n) is 20.9. The van der Waals surface area contributed by atoms with Gasteiger partial charge in [-0.15, -0.1) is 0 Å². The summed E-state index contributed by atoms with van der Waals surface area (Å²) in [6, 6.07) is 63.0. The van der Waals surface area contributed by atoms with Crippen molar-refractivity contribution in [3.63, 3.8) is 0 Å². The molecular formula is C57H40N4O. The number of hydrogen-bond donors (Lipinski definition) is 1. The molecule has 294 valence electrons. The first-order valence-corrected chi connectivity index (χ1v) is 20.9. The van der Waals surface area contributed by atoms with Crippen LogP contribution in [0.5, 0.6) is 0 Å². The van der Waals surface area contributed by atoms with Crippen molar-refractivity contribution in [2.24, 2.45) is 0 Å². The molecule has 11 aromatic rings. The molecule has 0 amide bonds. The van der Waals surface area contributed by atoms with Crippen LogP contribution in [0.3, 0.4) is 0 Å². The molecule has 0 atom stereocenters. The van der Waals surface area contributed by atoms with E-state index in [0.717, 1.165) is 122 Å². The summed E-state index contributed by atoms with van der Waals surface area (Å²) in [6.07, 6.45) is 7.70. The van der Waals surface area contributed by atoms with Gasteiger partial charge in [0.05, 0.1) is 17.6 Å². The van der Waals surface area contributed by atoms with Gasteiger partial charge in [0.25, 0.3) is 0 Å². The Labute approximate surface area is 360 Å². The summed E-state index contributed by atoms with van der Waals surface area (Å²) < 4.78 is 6.53. The number of fused-ring (bicyclic) bond motifs is 3. The zero-order chi connectivity index (χ0) is 41.6. The molecular weight excluding hydrogens is 757 g/mol. The Morgan fingerprint density at radius 1 is 0.355 bits per heavy atom. The molecule has 0 fully saturated rings. The van der Waals surface area contributed by atoms with Gasteiger partial charge in [-0.1, -0.05) is 127 Å². The zero-order valence-electron chi connectivity index (χ0n) is 34.3. The monoisotopic (exact) mass is 796 g/mol. The predicted octanol–water partition coefficient (Wildman–Crippen LogP) is 15.1. The first-order chi connectivity index (χ1) is 30.5. The third kappa shape index (κ3) is 6.85. The molecule has 11 rings (SSSR count). The Morgan fingerprint density at radius 3 is 1.32 bits per heavy atom. The molecule has 7 aromatic carbocycles. The summed E-state index contributed by atoms with van der Waals surface area (Å²) in [5.41, 5.74) is 21.3. The molecule has 4 aromatic heterocycles. The molecule has 0 unspecified atom stereocenters. The number of para-hydroxylation sites is 1. The molecule has 62 heavy (non-hydrogen) atoms. The van der Waals surface area contributed by atoms with Crippen LogP contribution < -0.4 is 0 Å². The van der Waals surface area contributed by atoms with Gasteiger partial charge in [0, 0.05) is 46.1 Å². The van der Waals surface area contributed by atoms with Crippen LogP contribution in [0.25, 0.3) is 111 Å². The molecule has 0 saturated heterocycles. The third-order valence-electron chi connectivity index (χ3n) is 11.9. The summed E-state index contributed by atoms with van der Waals surface area (Å²) in [5.74, 6) is 0. The van der Waals surface area contributed by atoms with Crippen molar-refractivity contribution in [2.75, 3.05) is 0 Å². The van der Waals surface area contributed by atoms with Gasteiger partial charge in [-0.3, -0.25) is 15.1 Å². The van der Waals surface area contributed by atoms with Crippen LogP contribution in [-0.4, -0.2) is 20.2 Å². The SMILES string of the molecule is Cc1ccc(-c2ccc(-c3ccccc3-c3cc(-c4ccccc4-c4ccc(-c5ccc(C)cn5)cc4)cc(-c4cc5oc6ccccc6c5cc4-c4cn[nH]c4)c3)cc2)nc1. The number of nitrogens with zero attached hydrogens (tertiary/aromatic N) is 3. The Morgan fingerprint density at radius 2 is 0.823 bits per heavy atom. The second kappa shape index (κ2) is 15.5. The normalized spacial score (nSPS) is 11.4. The van der Waals surface area contributed by atoms with Gasteiger partial charge in [-0.05, 0) is 135 Å². The molecule has 0 aliphatic heterocycles. The van der Waals surface area contributed by atoms with Crippen molar-refractivity contribution in [2.45, 2.75) is 13.8 Å². The fraction of sp³-hybridized carbons (Fsp3) is 0.0351. The lowest BCUT2D eigenvalue weighted by molar-refractivity contribution is 0.669. The van der Waals surface area contributed by atoms with Crippen molar-refractivity contribution >= 4 is 21.9 Å². The van der Waals surface area contributed by atoms with Crippen molar-refractivity contribution < 1.29 is 4.42 Å². The van der Waals surface area contributed by atoms with Crippen LogP contribution in [-0.2, 0) is 0 Å². The Hall–Kier alpha value is -8.15. The van der Waals surface area contributed by atoms with Gasteiger partial charge in [0.1, 0.15) is 11.2 Å². The highest BCUT2D eigenvalue weighted by Gasteiger charge is 2.19. The number of benzene rings is 7. The van der Waals surface area contributed by atoms with E-state index in [2.05, 4.69) is 198 Å². The van der Waals surface area contributed by atoms with E-state index >= 15 is 0 Å². The number of aromatic amines is 1. The standard InChI is InChI=1S/C57H40N4O/c1-36-15-25-54(58-32-36)40-21-17-38(18-22-40)46-9-3-5-11-48(46)42-27-43(49-12-6-4-10-47(49)39-19-23-41(24-20-39)55-26-16-37(2)33-59-55)29-44(28-42)52-31-57-53(30-51(52)45-34-60-61-35-45)50-13-7-8-14-56(50)62-57/h3-35H,1-2H3,(H,60,61). The lowest BCUT2D eigenvalue weighted by Gasteiger charge is -2.18. The quantitative estimate of drug-likeness (QED) is 0.166. The number of nitrogens with one attached hydrogen (secondary N) is 1. The fourth-order valence-electron chi connectivity index (χ4n) is 8.63. The van der Waals surface area contributed by atoms with Gasteiger partial charge < -0.3 is 4.42 Å². The van der Waals surface area contributed by atoms with Gasteiger partial charge in [-0.25, -0.2) is 0 Å². The van der Waals surface area contributed by atoms with Crippen LogP contribution in [0.1, 0.15) is 11.1 Å². The molecule has 5 nitrogen and oxygen atoms in total. The highest BCUT2D eigenvalue weighted by atomic mass is 16.3. The van der Waals surface area contributed by atoms with Crippen molar-refractivity contribution in [3.05, 3.63) is 212 Å². The van der Waals surface area contributed by atoms with Crippen molar-refractivity contribution in [1.29, 1.82) is 0 Å². The number of aromatic nitrogens is 4. The lowest BCUT2D eigenvalue weighted by atomic mass is 9.86. The minimum absolute atomic E-state index is 0.840. The molecule has 1 N–H and O–H groups in total. The first kappa shape index (κ1) is 36.9. The van der Waals surface area contributed by atoms with Crippen LogP contribution in [0.4, 0.5) is 0 Å². The van der Waals surface area contributed by atoms with Crippen LogP contribution in [0.15, 0.2) is 205 Å². The molecule has 0 aliphatic rings. The smallest absolute Gasteiger partial charge is 0.136 e. The highest BCUT2D eigenvalue weighted by molar-refractivity contribution is 6.09. The molecule has 0 aliphatic carbocycles. The van der Waals surface area contributed by atoms with E-state index in [1.54, 1.807) is 0 Å². The molecule has 0 saturated carbocycles. The van der Waals surface area contributed by atoms with Crippen LogP contribution >= 0.6 is 0 Å². The summed E-state index contributed by atoms with van der Waals surface area (Å²) in [7, 11) is 0. The largest absolute Gasteiger partial charge is 0.456 e. The van der Waals surface area contributed by atoms with E-state index in [4.69, 9.17) is 4.42 Å². The number of pyridine rings is 2. The Bertz CT molecular complexity index is 3230. The van der Waals surface area contributed by atoms with E-state index in [0.29, 0.717) is 0 Å². The molecule has 4 heterocycles. The Balaban J connectivity index is 1.10. The number of aryl methyl sites for hydroxylation is 2. The van der Waals surface area contributed by atoms with Crippen LogP contribution in [0, 0.1) is 13.8 Å². The number of hydrogen-bond acceptors (Lipinski definition) is 4. The second-order valence-electron chi connectivity index (χ2n) is 16.0. The van der Waals surface area contributed by atoms with Gasteiger partial charge in [-0.2, -0.15) is 5.10 Å². The average Bonchev–Trinajstić information content (AvgIpc) is 4.00. The van der Waals surface area contributed by atoms with E-state index < -0.39 is 0 Å². The topological polar surface area (TPSA) is 67.6 Å². The second-order valence-corrected chi connectivity index (χ2v) is 16.0. The number of furan rings is 1. The third-order valence-corrected chi connectivity index (χ3v) is 11.9. The maximum absolute atomic E-state index is 6.53. The van der Waals surface area contributed by atoms with E-state index in [1.165, 1.54) is 0 Å². The van der Waals surface area contributed by atoms with Gasteiger partial charge in [0.15, 0.2) is 0 Å². The lowest BCUT2D eigenvalue weighted by Crippen LogP contribution is -1.92. The Kier molecular flexibility index (Phi) is 9.20. The zero-order valence-corrected chi connectivity index (χ0v) is 34.3. The minimum atomic E-state index is 0.840. The fourth-order valence-corrected chi connectivity index (χ4v) is 8.63. The molecule has 0 bridgehead atoms. The van der Waals surface area contributed by atoms with Crippen molar-refractivity contribution in [1.82, 2.24) is 20.2 Å². The summed E-state index contributed by atoms with van der Waals surface area (Å²) in [6.45, 7) is 4.13. The van der Waals surface area contributed by atoms with E-state index in [-0.39, 0.29) is 0 Å². The summed E-state index contributed by atoms with van der Waals surface area (Å²) in [4.78, 5) is 9.37. The average molecular weight is 797 g/mol. The van der Waals surface area contributed by atoms with E-state index in [1.807, 2.05) is 36.9 Å². The highest BCUT2D eigenvalue weighted by Crippen LogP contribution is 2.44. The maximum atomic E-state index is 6.53. The molecule has 0 radical (unpaired) electrons.